The monoisotopic (exact) mass is 555 g/mol. The van der Waals surface area contributed by atoms with Crippen LogP contribution < -0.4 is 15.2 Å². The maximum absolute atomic E-state index is 12.8. The highest BCUT2D eigenvalue weighted by Gasteiger charge is 2.20. The van der Waals surface area contributed by atoms with Crippen molar-refractivity contribution in [2.45, 2.75) is 18.2 Å². The lowest BCUT2D eigenvalue weighted by Gasteiger charge is -2.15. The van der Waals surface area contributed by atoms with E-state index >= 15 is 0 Å². The average Bonchev–Trinajstić information content (AvgIpc) is 2.92. The number of amidine groups is 1. The minimum Gasteiger partial charge on any atom is -0.507 e. The minimum atomic E-state index is -4.15. The first-order valence-electron chi connectivity index (χ1n) is 11.8. The van der Waals surface area contributed by atoms with E-state index in [1.807, 2.05) is 0 Å². The van der Waals surface area contributed by atoms with Crippen molar-refractivity contribution in [3.8, 4) is 22.6 Å². The van der Waals surface area contributed by atoms with Crippen molar-refractivity contribution in [1.29, 1.82) is 5.41 Å². The van der Waals surface area contributed by atoms with Gasteiger partial charge in [0.1, 0.15) is 22.2 Å². The number of nitrogen functional groups attached to an aromatic ring is 1. The van der Waals surface area contributed by atoms with Gasteiger partial charge in [-0.1, -0.05) is 30.3 Å². The summed E-state index contributed by atoms with van der Waals surface area (Å²) in [7, 11) is -2.87. The zero-order valence-corrected chi connectivity index (χ0v) is 22.2. The number of phenolic OH excluding ortho intramolecular Hbond substituents is 1. The van der Waals surface area contributed by atoms with Crippen molar-refractivity contribution in [2.75, 3.05) is 26.9 Å². The molecule has 0 spiro atoms. The van der Waals surface area contributed by atoms with E-state index in [1.165, 1.54) is 13.2 Å². The maximum atomic E-state index is 12.8. The Hall–Kier alpha value is -4.42. The van der Waals surface area contributed by atoms with Crippen LogP contribution in [0.15, 0.2) is 65.6 Å². The molecule has 0 atom stereocenters. The molecule has 0 aliphatic rings. The van der Waals surface area contributed by atoms with Crippen LogP contribution in [0.5, 0.6) is 11.5 Å². The molecule has 0 heterocycles. The Balaban J connectivity index is 1.88. The van der Waals surface area contributed by atoms with Crippen LogP contribution in [0.4, 0.5) is 0 Å². The summed E-state index contributed by atoms with van der Waals surface area (Å²) < 4.78 is 43.6. The molecule has 206 valence electrons. The molecule has 0 aliphatic carbocycles. The second kappa shape index (κ2) is 12.9. The number of phenols is 1. The fourth-order valence-corrected chi connectivity index (χ4v) is 4.87. The highest BCUT2D eigenvalue weighted by atomic mass is 32.2. The molecule has 0 radical (unpaired) electrons. The number of methoxy groups -OCH3 is 1. The van der Waals surface area contributed by atoms with Gasteiger partial charge in [0, 0.05) is 12.1 Å². The van der Waals surface area contributed by atoms with Gasteiger partial charge in [-0.15, -0.1) is 0 Å². The summed E-state index contributed by atoms with van der Waals surface area (Å²) >= 11 is 0. The third kappa shape index (κ3) is 7.33. The SMILES string of the molecule is CCOC(=O)COc1cc(-c2ccccc2C(=O)OC)ccc1CCNS(=O)(=O)c1cc(C(=N)N)ccc1O. The largest absolute Gasteiger partial charge is 0.507 e. The lowest BCUT2D eigenvalue weighted by atomic mass is 9.97. The normalized spacial score (nSPS) is 11.0. The first kappa shape index (κ1) is 29.1. The fourth-order valence-electron chi connectivity index (χ4n) is 3.72. The molecule has 0 saturated carbocycles. The summed E-state index contributed by atoms with van der Waals surface area (Å²) in [6.45, 7) is 1.39. The average molecular weight is 556 g/mol. The Labute approximate surface area is 226 Å². The molecule has 3 aromatic rings. The van der Waals surface area contributed by atoms with Crippen molar-refractivity contribution in [2.24, 2.45) is 5.73 Å². The highest BCUT2D eigenvalue weighted by Crippen LogP contribution is 2.31. The molecule has 0 bridgehead atoms. The summed E-state index contributed by atoms with van der Waals surface area (Å²) in [4.78, 5) is 23.8. The standard InChI is InChI=1S/C27H29N3O8S/c1-3-37-25(32)16-38-23-14-18(20-6-4-5-7-21(20)27(33)36-2)9-8-17(23)12-13-30-39(34,35)24-15-19(26(28)29)10-11-22(24)31/h4-11,14-15,30-31H,3,12-13,16H2,1-2H3,(H3,28,29). The quantitative estimate of drug-likeness (QED) is 0.148. The van der Waals surface area contributed by atoms with Gasteiger partial charge in [0.25, 0.3) is 0 Å². The summed E-state index contributed by atoms with van der Waals surface area (Å²) in [5.41, 5.74) is 7.69. The van der Waals surface area contributed by atoms with E-state index in [1.54, 1.807) is 49.4 Å². The van der Waals surface area contributed by atoms with Crippen LogP contribution in [-0.4, -0.2) is 58.2 Å². The van der Waals surface area contributed by atoms with Gasteiger partial charge in [0.15, 0.2) is 6.61 Å². The molecule has 0 saturated heterocycles. The first-order valence-corrected chi connectivity index (χ1v) is 13.3. The predicted molar refractivity (Wildman–Crippen MR) is 143 cm³/mol. The van der Waals surface area contributed by atoms with Crippen LogP contribution in [0.2, 0.25) is 0 Å². The lowest BCUT2D eigenvalue weighted by Crippen LogP contribution is -2.26. The van der Waals surface area contributed by atoms with Gasteiger partial charge in [-0.2, -0.15) is 0 Å². The van der Waals surface area contributed by atoms with E-state index in [2.05, 4.69) is 4.72 Å². The topological polar surface area (TPSA) is 178 Å². The molecule has 3 aromatic carbocycles. The van der Waals surface area contributed by atoms with E-state index in [4.69, 9.17) is 25.4 Å². The number of carbonyl (C=O) groups excluding carboxylic acids is 2. The van der Waals surface area contributed by atoms with Gasteiger partial charge in [-0.3, -0.25) is 5.41 Å². The van der Waals surface area contributed by atoms with Crippen molar-refractivity contribution < 1.29 is 37.3 Å². The summed E-state index contributed by atoms with van der Waals surface area (Å²) in [5.74, 6) is -1.63. The van der Waals surface area contributed by atoms with E-state index in [0.29, 0.717) is 28.0 Å². The van der Waals surface area contributed by atoms with Gasteiger partial charge in [0.05, 0.1) is 19.3 Å². The van der Waals surface area contributed by atoms with Gasteiger partial charge < -0.3 is 25.1 Å². The number of benzene rings is 3. The highest BCUT2D eigenvalue weighted by molar-refractivity contribution is 7.89. The van der Waals surface area contributed by atoms with Gasteiger partial charge >= 0.3 is 11.9 Å². The first-order chi connectivity index (χ1) is 18.6. The number of sulfonamides is 1. The smallest absolute Gasteiger partial charge is 0.344 e. The minimum absolute atomic E-state index is 0.0834. The number of hydrogen-bond donors (Lipinski definition) is 4. The molecule has 11 nitrogen and oxygen atoms in total. The zero-order valence-electron chi connectivity index (χ0n) is 21.4. The van der Waals surface area contributed by atoms with Crippen molar-refractivity contribution >= 4 is 27.8 Å². The Bertz CT molecular complexity index is 1490. The van der Waals surface area contributed by atoms with E-state index in [9.17, 15) is 23.1 Å². The van der Waals surface area contributed by atoms with Crippen LogP contribution in [0.25, 0.3) is 11.1 Å². The second-order valence-corrected chi connectivity index (χ2v) is 9.93. The molecular weight excluding hydrogens is 526 g/mol. The third-order valence-corrected chi connectivity index (χ3v) is 7.10. The Morgan fingerprint density at radius 3 is 2.51 bits per heavy atom. The fraction of sp³-hybridized carbons (Fsp3) is 0.222. The summed E-state index contributed by atoms with van der Waals surface area (Å²) in [6.07, 6.45) is 0.156. The lowest BCUT2D eigenvalue weighted by molar-refractivity contribution is -0.145. The third-order valence-electron chi connectivity index (χ3n) is 5.61. The predicted octanol–water partition coefficient (Wildman–Crippen LogP) is 2.59. The summed E-state index contributed by atoms with van der Waals surface area (Å²) in [5, 5.41) is 17.6. The number of carbonyl (C=O) groups is 2. The molecule has 39 heavy (non-hydrogen) atoms. The van der Waals surface area contributed by atoms with Gasteiger partial charge in [0.2, 0.25) is 10.0 Å². The van der Waals surface area contributed by atoms with Crippen LogP contribution in [-0.2, 0) is 30.7 Å². The molecule has 0 aliphatic heterocycles. The van der Waals surface area contributed by atoms with E-state index < -0.39 is 32.6 Å². The van der Waals surface area contributed by atoms with Gasteiger partial charge in [-0.05, 0) is 60.4 Å². The number of esters is 2. The molecule has 5 N–H and O–H groups in total. The number of hydrogen-bond acceptors (Lipinski definition) is 9. The Kier molecular flexibility index (Phi) is 9.63. The van der Waals surface area contributed by atoms with Gasteiger partial charge in [-0.25, -0.2) is 22.7 Å². The van der Waals surface area contributed by atoms with Crippen molar-refractivity contribution in [3.05, 3.63) is 77.4 Å². The maximum Gasteiger partial charge on any atom is 0.344 e. The second-order valence-electron chi connectivity index (χ2n) is 8.20. The van der Waals surface area contributed by atoms with Crippen LogP contribution in [0, 0.1) is 5.41 Å². The zero-order chi connectivity index (χ0) is 28.6. The molecule has 3 rings (SSSR count). The Morgan fingerprint density at radius 2 is 1.82 bits per heavy atom. The molecule has 0 aromatic heterocycles. The molecule has 12 heteroatoms. The van der Waals surface area contributed by atoms with Crippen molar-refractivity contribution in [3.63, 3.8) is 0 Å². The molecule has 0 amide bonds. The molecular formula is C27H29N3O8S. The van der Waals surface area contributed by atoms with Crippen LogP contribution in [0.3, 0.4) is 0 Å². The molecule has 0 fully saturated rings. The summed E-state index contributed by atoms with van der Waals surface area (Å²) in [6, 6.07) is 15.5. The number of aromatic hydroxyl groups is 1. The number of nitrogens with one attached hydrogen (secondary N) is 2. The molecule has 0 unspecified atom stereocenters. The van der Waals surface area contributed by atoms with E-state index in [0.717, 1.165) is 12.1 Å². The van der Waals surface area contributed by atoms with Crippen LogP contribution >= 0.6 is 0 Å². The number of rotatable bonds is 12. The Morgan fingerprint density at radius 1 is 1.08 bits per heavy atom. The number of nitrogens with two attached hydrogens (primary N) is 1. The van der Waals surface area contributed by atoms with Crippen LogP contribution in [0.1, 0.15) is 28.4 Å². The number of ether oxygens (including phenoxy) is 3. The van der Waals surface area contributed by atoms with E-state index in [-0.39, 0.29) is 37.6 Å². The van der Waals surface area contributed by atoms with Crippen molar-refractivity contribution in [1.82, 2.24) is 4.72 Å².